The molecule has 1 fully saturated rings. The van der Waals surface area contributed by atoms with E-state index in [1.165, 1.54) is 5.56 Å². The second kappa shape index (κ2) is 5.25. The minimum atomic E-state index is 0.0864. The molecule has 0 spiro atoms. The molecule has 19 heavy (non-hydrogen) atoms. The van der Waals surface area contributed by atoms with Crippen molar-refractivity contribution in [2.75, 3.05) is 20.0 Å². The van der Waals surface area contributed by atoms with Crippen molar-refractivity contribution in [2.24, 2.45) is 0 Å². The van der Waals surface area contributed by atoms with Crippen molar-refractivity contribution >= 4 is 11.8 Å². The van der Waals surface area contributed by atoms with Gasteiger partial charge in [0.1, 0.15) is 0 Å². The van der Waals surface area contributed by atoms with Crippen LogP contribution in [0, 0.1) is 0 Å². The first kappa shape index (κ1) is 14.5. The van der Waals surface area contributed by atoms with Crippen LogP contribution in [0.1, 0.15) is 26.3 Å². The molecule has 1 unspecified atom stereocenters. The number of hydrogen-bond acceptors (Lipinski definition) is 4. The number of methoxy groups -OCH3 is 2. The first-order valence-corrected chi connectivity index (χ1v) is 7.50. The number of rotatable bonds is 4. The van der Waals surface area contributed by atoms with Gasteiger partial charge in [-0.1, -0.05) is 6.07 Å². The Bertz CT molecular complexity index is 461. The Morgan fingerprint density at radius 2 is 1.84 bits per heavy atom. The van der Waals surface area contributed by atoms with Gasteiger partial charge in [0.2, 0.25) is 0 Å². The van der Waals surface area contributed by atoms with Gasteiger partial charge in [-0.3, -0.25) is 5.32 Å². The lowest BCUT2D eigenvalue weighted by atomic mass is 10.0. The van der Waals surface area contributed by atoms with Gasteiger partial charge in [0.05, 0.1) is 19.1 Å². The summed E-state index contributed by atoms with van der Waals surface area (Å²) in [4.78, 5) is 0.0864. The molecular formula is C15H23NO2S. The van der Waals surface area contributed by atoms with Gasteiger partial charge in [0.15, 0.2) is 11.5 Å². The van der Waals surface area contributed by atoms with Gasteiger partial charge in [0, 0.05) is 11.3 Å². The monoisotopic (exact) mass is 281 g/mol. The van der Waals surface area contributed by atoms with E-state index >= 15 is 0 Å². The van der Waals surface area contributed by atoms with E-state index in [1.807, 2.05) is 17.8 Å². The molecule has 0 saturated carbocycles. The van der Waals surface area contributed by atoms with Crippen LogP contribution in [-0.4, -0.2) is 30.4 Å². The molecule has 0 amide bonds. The number of hydrogen-bond donors (Lipinski definition) is 1. The topological polar surface area (TPSA) is 30.5 Å². The summed E-state index contributed by atoms with van der Waals surface area (Å²) in [5.41, 5.74) is 1.47. The van der Waals surface area contributed by atoms with Gasteiger partial charge < -0.3 is 9.47 Å². The Labute approximate surface area is 120 Å². The second-order valence-electron chi connectivity index (χ2n) is 5.89. The summed E-state index contributed by atoms with van der Waals surface area (Å²) < 4.78 is 10.6. The molecule has 0 aliphatic carbocycles. The molecule has 1 atom stereocenters. The number of thioether (sulfide) groups is 1. The summed E-state index contributed by atoms with van der Waals surface area (Å²) >= 11 is 1.99. The summed E-state index contributed by atoms with van der Waals surface area (Å²) in [7, 11) is 3.34. The predicted molar refractivity (Wildman–Crippen MR) is 81.3 cm³/mol. The first-order valence-electron chi connectivity index (χ1n) is 6.52. The van der Waals surface area contributed by atoms with E-state index in [4.69, 9.17) is 9.47 Å². The average molecular weight is 281 g/mol. The minimum Gasteiger partial charge on any atom is -0.493 e. The Morgan fingerprint density at radius 1 is 1.16 bits per heavy atom. The van der Waals surface area contributed by atoms with Crippen LogP contribution in [0.4, 0.5) is 0 Å². The van der Waals surface area contributed by atoms with E-state index in [2.05, 4.69) is 38.2 Å². The molecule has 4 heteroatoms. The largest absolute Gasteiger partial charge is 0.493 e. The lowest BCUT2D eigenvalue weighted by Crippen LogP contribution is -2.46. The first-order chi connectivity index (χ1) is 8.87. The van der Waals surface area contributed by atoms with Gasteiger partial charge >= 0.3 is 0 Å². The molecule has 0 aromatic heterocycles. The Hall–Kier alpha value is -0.870. The molecule has 0 bridgehead atoms. The highest BCUT2D eigenvalue weighted by Gasteiger charge is 2.39. The third-order valence-electron chi connectivity index (χ3n) is 3.34. The van der Waals surface area contributed by atoms with Crippen molar-refractivity contribution in [1.29, 1.82) is 0 Å². The average Bonchev–Trinajstić information content (AvgIpc) is 2.63. The highest BCUT2D eigenvalue weighted by Crippen LogP contribution is 2.38. The van der Waals surface area contributed by atoms with Crippen LogP contribution < -0.4 is 14.8 Å². The van der Waals surface area contributed by atoms with E-state index in [9.17, 15) is 0 Å². The van der Waals surface area contributed by atoms with E-state index in [0.717, 1.165) is 23.7 Å². The van der Waals surface area contributed by atoms with Crippen LogP contribution in [0.3, 0.4) is 0 Å². The SMILES string of the molecule is COc1ccc(CC2(C)NC(C)(C)CS2)cc1OC. The summed E-state index contributed by atoms with van der Waals surface area (Å²) in [6.45, 7) is 6.77. The summed E-state index contributed by atoms with van der Waals surface area (Å²) in [6, 6.07) is 6.15. The quantitative estimate of drug-likeness (QED) is 0.919. The third-order valence-corrected chi connectivity index (χ3v) is 5.09. The van der Waals surface area contributed by atoms with Crippen LogP contribution in [0.2, 0.25) is 0 Å². The van der Waals surface area contributed by atoms with Gasteiger partial charge in [0.25, 0.3) is 0 Å². The number of nitrogens with one attached hydrogen (secondary N) is 1. The Balaban J connectivity index is 2.16. The van der Waals surface area contributed by atoms with Gasteiger partial charge in [-0.2, -0.15) is 0 Å². The van der Waals surface area contributed by atoms with Crippen LogP contribution in [-0.2, 0) is 6.42 Å². The molecule has 2 rings (SSSR count). The molecular weight excluding hydrogens is 258 g/mol. The van der Waals surface area contributed by atoms with Crippen molar-refractivity contribution in [3.63, 3.8) is 0 Å². The van der Waals surface area contributed by atoms with Gasteiger partial charge in [-0.25, -0.2) is 0 Å². The molecule has 106 valence electrons. The van der Waals surface area contributed by atoms with Crippen molar-refractivity contribution in [3.05, 3.63) is 23.8 Å². The predicted octanol–water partition coefficient (Wildman–Crippen LogP) is 3.08. The zero-order valence-corrected chi connectivity index (χ0v) is 13.2. The second-order valence-corrected chi connectivity index (χ2v) is 7.37. The van der Waals surface area contributed by atoms with Crippen molar-refractivity contribution in [3.8, 4) is 11.5 Å². The number of benzene rings is 1. The summed E-state index contributed by atoms with van der Waals surface area (Å²) in [5.74, 6) is 2.71. The molecule has 0 radical (unpaired) electrons. The normalized spacial score (nSPS) is 25.3. The molecule has 1 saturated heterocycles. The Kier molecular flexibility index (Phi) is 4.02. The van der Waals surface area contributed by atoms with Crippen molar-refractivity contribution in [2.45, 2.75) is 37.6 Å². The van der Waals surface area contributed by atoms with Crippen LogP contribution in [0.15, 0.2) is 18.2 Å². The fourth-order valence-electron chi connectivity index (χ4n) is 2.60. The van der Waals surface area contributed by atoms with Gasteiger partial charge in [-0.15, -0.1) is 11.8 Å². The van der Waals surface area contributed by atoms with Crippen LogP contribution >= 0.6 is 11.8 Å². The number of ether oxygens (including phenoxy) is 2. The molecule has 1 aliphatic heterocycles. The molecule has 1 N–H and O–H groups in total. The molecule has 1 heterocycles. The lowest BCUT2D eigenvalue weighted by molar-refractivity contribution is 0.353. The van der Waals surface area contributed by atoms with Crippen molar-refractivity contribution < 1.29 is 9.47 Å². The zero-order chi connectivity index (χ0) is 14.1. The molecule has 1 aliphatic rings. The van der Waals surface area contributed by atoms with Crippen LogP contribution in [0.5, 0.6) is 11.5 Å². The maximum Gasteiger partial charge on any atom is 0.160 e. The fourth-order valence-corrected chi connectivity index (χ4v) is 3.97. The van der Waals surface area contributed by atoms with E-state index < -0.39 is 0 Å². The molecule has 3 nitrogen and oxygen atoms in total. The van der Waals surface area contributed by atoms with E-state index in [-0.39, 0.29) is 10.4 Å². The maximum absolute atomic E-state index is 5.36. The highest BCUT2D eigenvalue weighted by atomic mass is 32.2. The standard InChI is InChI=1S/C15H23NO2S/c1-14(2)10-19-15(3,16-14)9-11-6-7-12(17-4)13(8-11)18-5/h6-8,16H,9-10H2,1-5H3. The van der Waals surface area contributed by atoms with E-state index in [0.29, 0.717) is 0 Å². The van der Waals surface area contributed by atoms with Crippen molar-refractivity contribution in [1.82, 2.24) is 5.32 Å². The van der Waals surface area contributed by atoms with E-state index in [1.54, 1.807) is 14.2 Å². The zero-order valence-electron chi connectivity index (χ0n) is 12.4. The Morgan fingerprint density at radius 3 is 2.37 bits per heavy atom. The summed E-state index contributed by atoms with van der Waals surface area (Å²) in [5, 5.41) is 3.71. The highest BCUT2D eigenvalue weighted by molar-refractivity contribution is 8.00. The molecule has 1 aromatic rings. The minimum absolute atomic E-state index is 0.0864. The van der Waals surface area contributed by atoms with Crippen LogP contribution in [0.25, 0.3) is 0 Å². The lowest BCUT2D eigenvalue weighted by Gasteiger charge is -2.28. The fraction of sp³-hybridized carbons (Fsp3) is 0.600. The smallest absolute Gasteiger partial charge is 0.160 e. The molecule has 1 aromatic carbocycles. The van der Waals surface area contributed by atoms with Gasteiger partial charge in [-0.05, 0) is 44.9 Å². The maximum atomic E-state index is 5.36. The summed E-state index contributed by atoms with van der Waals surface area (Å²) in [6.07, 6.45) is 0.974. The third kappa shape index (κ3) is 3.37.